The minimum absolute atomic E-state index is 0.487. The van der Waals surface area contributed by atoms with E-state index in [1.807, 2.05) is 18.2 Å². The Balaban J connectivity index is 1.59. The molecule has 2 N–H and O–H groups in total. The molecule has 21 heavy (non-hydrogen) atoms. The molecule has 0 amide bonds. The van der Waals surface area contributed by atoms with Crippen molar-refractivity contribution in [3.05, 3.63) is 41.5 Å². The number of nitrogens with zero attached hydrogens (tertiary/aromatic N) is 2. The number of benzene rings is 1. The van der Waals surface area contributed by atoms with E-state index in [4.69, 9.17) is 10.3 Å². The quantitative estimate of drug-likeness (QED) is 0.869. The second-order valence-electron chi connectivity index (χ2n) is 6.20. The van der Waals surface area contributed by atoms with Gasteiger partial charge < -0.3 is 10.3 Å². The maximum atomic E-state index is 5.95. The number of rotatable bonds is 4. The highest BCUT2D eigenvalue weighted by molar-refractivity contribution is 5.46. The number of hydrogen-bond donors (Lipinski definition) is 1. The average molecular weight is 285 g/mol. The number of aryl methyl sites for hydroxylation is 2. The maximum absolute atomic E-state index is 5.95. The molecule has 1 aliphatic rings. The van der Waals surface area contributed by atoms with Crippen molar-refractivity contribution in [2.45, 2.75) is 51.4 Å². The summed E-state index contributed by atoms with van der Waals surface area (Å²) in [6, 6.07) is 7.94. The third-order valence-corrected chi connectivity index (χ3v) is 4.53. The normalized spacial score (nSPS) is 22.3. The lowest BCUT2D eigenvalue weighted by atomic mass is 9.83. The molecule has 4 heteroatoms. The van der Waals surface area contributed by atoms with Crippen LogP contribution in [-0.4, -0.2) is 10.1 Å². The molecule has 0 atom stereocenters. The van der Waals surface area contributed by atoms with Gasteiger partial charge in [-0.15, -0.1) is 0 Å². The highest BCUT2D eigenvalue weighted by Crippen LogP contribution is 2.34. The summed E-state index contributed by atoms with van der Waals surface area (Å²) in [5, 5.41) is 4.18. The molecule has 112 valence electrons. The zero-order valence-electron chi connectivity index (χ0n) is 12.6. The van der Waals surface area contributed by atoms with Crippen molar-refractivity contribution in [1.82, 2.24) is 10.1 Å². The number of nitrogen functional groups attached to an aromatic ring is 1. The molecule has 0 bridgehead atoms. The monoisotopic (exact) mass is 285 g/mol. The molecule has 0 saturated heterocycles. The largest absolute Gasteiger partial charge is 0.399 e. The van der Waals surface area contributed by atoms with Gasteiger partial charge in [-0.3, -0.25) is 0 Å². The fraction of sp³-hybridized carbons (Fsp3) is 0.529. The van der Waals surface area contributed by atoms with Crippen LogP contribution in [0.3, 0.4) is 0 Å². The van der Waals surface area contributed by atoms with Crippen molar-refractivity contribution in [3.8, 4) is 0 Å². The van der Waals surface area contributed by atoms with E-state index < -0.39 is 0 Å². The molecule has 3 rings (SSSR count). The first-order valence-corrected chi connectivity index (χ1v) is 7.88. The molecule has 0 aliphatic heterocycles. The van der Waals surface area contributed by atoms with Crippen LogP contribution in [0.15, 0.2) is 28.8 Å². The molecule has 1 aromatic carbocycles. The van der Waals surface area contributed by atoms with Gasteiger partial charge in [-0.1, -0.05) is 43.1 Å². The first kappa shape index (κ1) is 14.1. The van der Waals surface area contributed by atoms with Gasteiger partial charge in [0, 0.05) is 18.0 Å². The number of nitrogens with two attached hydrogens (primary N) is 1. The van der Waals surface area contributed by atoms with Crippen LogP contribution in [0.4, 0.5) is 5.69 Å². The van der Waals surface area contributed by atoms with E-state index in [-0.39, 0.29) is 0 Å². The van der Waals surface area contributed by atoms with Crippen LogP contribution in [-0.2, 0) is 12.8 Å². The average Bonchev–Trinajstić information content (AvgIpc) is 2.96. The molecule has 1 heterocycles. The molecule has 0 unspecified atom stereocenters. The molecule has 1 fully saturated rings. The number of para-hydroxylation sites is 1. The standard InChI is InChI=1S/C17H23N3O/c1-12-6-8-14(9-7-12)17-19-16(21-20-17)11-10-13-4-2-3-5-15(13)18/h2-5,12,14H,6-11,18H2,1H3. The maximum Gasteiger partial charge on any atom is 0.226 e. The zero-order valence-corrected chi connectivity index (χ0v) is 12.6. The van der Waals surface area contributed by atoms with E-state index in [9.17, 15) is 0 Å². The Kier molecular flexibility index (Phi) is 4.23. The van der Waals surface area contributed by atoms with Crippen LogP contribution in [0, 0.1) is 5.92 Å². The molecule has 2 aromatic rings. The summed E-state index contributed by atoms with van der Waals surface area (Å²) < 4.78 is 5.40. The summed E-state index contributed by atoms with van der Waals surface area (Å²) in [7, 11) is 0. The second-order valence-corrected chi connectivity index (χ2v) is 6.20. The fourth-order valence-corrected chi connectivity index (χ4v) is 3.06. The Morgan fingerprint density at radius 3 is 2.67 bits per heavy atom. The number of anilines is 1. The summed E-state index contributed by atoms with van der Waals surface area (Å²) >= 11 is 0. The predicted octanol–water partition coefficient (Wildman–Crippen LogP) is 3.73. The molecular formula is C17H23N3O. The first-order chi connectivity index (χ1) is 10.2. The van der Waals surface area contributed by atoms with Gasteiger partial charge in [0.15, 0.2) is 5.82 Å². The van der Waals surface area contributed by atoms with Crippen molar-refractivity contribution in [2.24, 2.45) is 5.92 Å². The number of hydrogen-bond acceptors (Lipinski definition) is 4. The Labute approximate surface area is 125 Å². The van der Waals surface area contributed by atoms with E-state index >= 15 is 0 Å². The van der Waals surface area contributed by atoms with Gasteiger partial charge in [0.2, 0.25) is 5.89 Å². The lowest BCUT2D eigenvalue weighted by Crippen LogP contribution is -2.12. The Morgan fingerprint density at radius 1 is 1.14 bits per heavy atom. The van der Waals surface area contributed by atoms with Crippen molar-refractivity contribution >= 4 is 5.69 Å². The van der Waals surface area contributed by atoms with Crippen LogP contribution in [0.5, 0.6) is 0 Å². The molecule has 1 saturated carbocycles. The first-order valence-electron chi connectivity index (χ1n) is 7.88. The lowest BCUT2D eigenvalue weighted by Gasteiger charge is -2.23. The van der Waals surface area contributed by atoms with Crippen LogP contribution < -0.4 is 5.73 Å². The Hall–Kier alpha value is -1.84. The highest BCUT2D eigenvalue weighted by Gasteiger charge is 2.23. The molecule has 4 nitrogen and oxygen atoms in total. The summed E-state index contributed by atoms with van der Waals surface area (Å²) in [4.78, 5) is 4.59. The van der Waals surface area contributed by atoms with Gasteiger partial charge in [-0.05, 0) is 36.8 Å². The third kappa shape index (κ3) is 3.43. The van der Waals surface area contributed by atoms with Gasteiger partial charge in [-0.25, -0.2) is 0 Å². The molecule has 1 aromatic heterocycles. The van der Waals surface area contributed by atoms with E-state index in [0.717, 1.165) is 41.7 Å². The lowest BCUT2D eigenvalue weighted by molar-refractivity contribution is 0.324. The van der Waals surface area contributed by atoms with Crippen molar-refractivity contribution < 1.29 is 4.52 Å². The molecular weight excluding hydrogens is 262 g/mol. The third-order valence-electron chi connectivity index (χ3n) is 4.53. The van der Waals surface area contributed by atoms with Crippen molar-refractivity contribution in [3.63, 3.8) is 0 Å². The summed E-state index contributed by atoms with van der Waals surface area (Å²) in [6.45, 7) is 2.32. The van der Waals surface area contributed by atoms with Crippen LogP contribution in [0.2, 0.25) is 0 Å². The van der Waals surface area contributed by atoms with E-state index in [2.05, 4.69) is 23.1 Å². The van der Waals surface area contributed by atoms with Gasteiger partial charge >= 0.3 is 0 Å². The fourth-order valence-electron chi connectivity index (χ4n) is 3.06. The summed E-state index contributed by atoms with van der Waals surface area (Å²) in [5.74, 6) is 2.96. The van der Waals surface area contributed by atoms with Gasteiger partial charge in [0.05, 0.1) is 0 Å². The minimum atomic E-state index is 0.487. The Morgan fingerprint density at radius 2 is 1.90 bits per heavy atom. The second kappa shape index (κ2) is 6.29. The van der Waals surface area contributed by atoms with E-state index in [0.29, 0.717) is 5.92 Å². The van der Waals surface area contributed by atoms with Crippen LogP contribution in [0.25, 0.3) is 0 Å². The highest BCUT2D eigenvalue weighted by atomic mass is 16.5. The summed E-state index contributed by atoms with van der Waals surface area (Å²) in [5.41, 5.74) is 7.93. The van der Waals surface area contributed by atoms with Crippen LogP contribution >= 0.6 is 0 Å². The van der Waals surface area contributed by atoms with Gasteiger partial charge in [0.25, 0.3) is 0 Å². The smallest absolute Gasteiger partial charge is 0.226 e. The summed E-state index contributed by atoms with van der Waals surface area (Å²) in [6.07, 6.45) is 6.52. The molecule has 0 radical (unpaired) electrons. The Bertz CT molecular complexity index is 585. The number of aromatic nitrogens is 2. The minimum Gasteiger partial charge on any atom is -0.399 e. The van der Waals surface area contributed by atoms with Gasteiger partial charge in [-0.2, -0.15) is 4.98 Å². The van der Waals surface area contributed by atoms with E-state index in [1.54, 1.807) is 0 Å². The van der Waals surface area contributed by atoms with Crippen LogP contribution in [0.1, 0.15) is 55.8 Å². The predicted molar refractivity (Wildman–Crippen MR) is 82.9 cm³/mol. The van der Waals surface area contributed by atoms with E-state index in [1.165, 1.54) is 25.7 Å². The topological polar surface area (TPSA) is 64.9 Å². The SMILES string of the molecule is CC1CCC(c2noc(CCc3ccccc3N)n2)CC1. The molecule has 1 aliphatic carbocycles. The zero-order chi connectivity index (χ0) is 14.7. The van der Waals surface area contributed by atoms with Crippen molar-refractivity contribution in [2.75, 3.05) is 5.73 Å². The van der Waals surface area contributed by atoms with Gasteiger partial charge in [0.1, 0.15) is 0 Å². The molecule has 0 spiro atoms. The van der Waals surface area contributed by atoms with Crippen molar-refractivity contribution in [1.29, 1.82) is 0 Å².